The van der Waals surface area contributed by atoms with Crippen molar-refractivity contribution in [3.63, 3.8) is 0 Å². The van der Waals surface area contributed by atoms with Crippen LogP contribution in [0.5, 0.6) is 0 Å². The van der Waals surface area contributed by atoms with Gasteiger partial charge in [-0.2, -0.15) is 0 Å². The Morgan fingerprint density at radius 3 is 2.71 bits per heavy atom. The number of hydrogen-bond donors (Lipinski definition) is 0. The van der Waals surface area contributed by atoms with Crippen molar-refractivity contribution in [2.45, 2.75) is 31.2 Å². The van der Waals surface area contributed by atoms with Crippen molar-refractivity contribution < 1.29 is 0 Å². The van der Waals surface area contributed by atoms with Crippen LogP contribution in [0.4, 0.5) is 0 Å². The summed E-state index contributed by atoms with van der Waals surface area (Å²) in [6.07, 6.45) is 1.13. The Labute approximate surface area is 128 Å². The summed E-state index contributed by atoms with van der Waals surface area (Å²) in [6, 6.07) is 15.1. The highest BCUT2D eigenvalue weighted by Gasteiger charge is 2.42. The first-order valence-corrected chi connectivity index (χ1v) is 7.77. The van der Waals surface area contributed by atoms with Crippen LogP contribution in [0.25, 0.3) is 11.2 Å². The second-order valence-electron chi connectivity index (χ2n) is 5.65. The molecule has 2 unspecified atom stereocenters. The van der Waals surface area contributed by atoms with Gasteiger partial charge in [0.05, 0.1) is 5.88 Å². The zero-order chi connectivity index (χ0) is 14.4. The Kier molecular flexibility index (Phi) is 2.96. The number of aryl methyl sites for hydroxylation is 1. The molecule has 1 aliphatic rings. The predicted octanol–water partition coefficient (Wildman–Crippen LogP) is 4.21. The van der Waals surface area contributed by atoms with Crippen molar-refractivity contribution in [3.05, 3.63) is 59.5 Å². The fraction of sp³-hybridized carbons (Fsp3) is 0.294. The molecule has 1 fully saturated rings. The van der Waals surface area contributed by atoms with Gasteiger partial charge in [0.15, 0.2) is 5.65 Å². The van der Waals surface area contributed by atoms with Gasteiger partial charge in [0.1, 0.15) is 11.3 Å². The molecule has 3 aromatic rings. The van der Waals surface area contributed by atoms with E-state index in [1.807, 2.05) is 19.1 Å². The molecule has 1 aromatic carbocycles. The first-order chi connectivity index (χ1) is 10.3. The predicted molar refractivity (Wildman–Crippen MR) is 84.7 cm³/mol. The Hall–Kier alpha value is -1.87. The van der Waals surface area contributed by atoms with Crippen LogP contribution < -0.4 is 0 Å². The second-order valence-corrected chi connectivity index (χ2v) is 5.91. The molecule has 1 saturated carbocycles. The van der Waals surface area contributed by atoms with E-state index in [0.29, 0.717) is 17.8 Å². The molecule has 0 spiro atoms. The summed E-state index contributed by atoms with van der Waals surface area (Å²) in [5.74, 6) is 1.90. The van der Waals surface area contributed by atoms with Crippen molar-refractivity contribution >= 4 is 22.8 Å². The normalized spacial score (nSPS) is 20.9. The third-order valence-electron chi connectivity index (χ3n) is 4.19. The lowest BCUT2D eigenvalue weighted by molar-refractivity contribution is 0.699. The van der Waals surface area contributed by atoms with Crippen molar-refractivity contribution in [3.8, 4) is 0 Å². The number of nitrogens with zero attached hydrogens (tertiary/aromatic N) is 3. The first kappa shape index (κ1) is 12.8. The molecule has 0 radical (unpaired) electrons. The number of fused-ring (bicyclic) bond motifs is 1. The number of benzene rings is 1. The van der Waals surface area contributed by atoms with E-state index in [-0.39, 0.29) is 0 Å². The number of alkyl halides is 1. The summed E-state index contributed by atoms with van der Waals surface area (Å²) in [5, 5.41) is 0. The summed E-state index contributed by atoms with van der Waals surface area (Å²) < 4.78 is 2.24. The highest BCUT2D eigenvalue weighted by Crippen LogP contribution is 2.52. The Morgan fingerprint density at radius 1 is 1.14 bits per heavy atom. The van der Waals surface area contributed by atoms with Gasteiger partial charge >= 0.3 is 0 Å². The number of aromatic nitrogens is 3. The molecule has 0 bridgehead atoms. The van der Waals surface area contributed by atoms with Gasteiger partial charge in [0.25, 0.3) is 0 Å². The van der Waals surface area contributed by atoms with Crippen LogP contribution >= 0.6 is 11.6 Å². The molecular formula is C17H16ClN3. The number of pyridine rings is 1. The zero-order valence-electron chi connectivity index (χ0n) is 11.8. The van der Waals surface area contributed by atoms with Crippen LogP contribution in [0, 0.1) is 6.92 Å². The van der Waals surface area contributed by atoms with Gasteiger partial charge in [0, 0.05) is 17.7 Å². The lowest BCUT2D eigenvalue weighted by Crippen LogP contribution is -2.02. The molecule has 1 aliphatic carbocycles. The van der Waals surface area contributed by atoms with E-state index in [0.717, 1.165) is 29.1 Å². The SMILES string of the molecule is Cc1ccc2nc(CCl)n(C3CC3c3ccccc3)c2n1. The summed E-state index contributed by atoms with van der Waals surface area (Å²) in [5.41, 5.74) is 4.31. The van der Waals surface area contributed by atoms with Gasteiger partial charge in [-0.15, -0.1) is 11.6 Å². The first-order valence-electron chi connectivity index (χ1n) is 7.23. The molecule has 0 saturated heterocycles. The van der Waals surface area contributed by atoms with Gasteiger partial charge in [-0.25, -0.2) is 9.97 Å². The minimum atomic E-state index is 0.424. The van der Waals surface area contributed by atoms with E-state index in [4.69, 9.17) is 11.6 Å². The van der Waals surface area contributed by atoms with Gasteiger partial charge < -0.3 is 4.57 Å². The minimum absolute atomic E-state index is 0.424. The fourth-order valence-electron chi connectivity index (χ4n) is 3.08. The maximum atomic E-state index is 6.10. The molecule has 3 nitrogen and oxygen atoms in total. The third kappa shape index (κ3) is 2.12. The number of halogens is 1. The summed E-state index contributed by atoms with van der Waals surface area (Å²) in [7, 11) is 0. The van der Waals surface area contributed by atoms with Gasteiger partial charge in [-0.1, -0.05) is 30.3 Å². The van der Waals surface area contributed by atoms with Crippen LogP contribution in [0.3, 0.4) is 0 Å². The van der Waals surface area contributed by atoms with E-state index in [1.54, 1.807) is 0 Å². The Balaban J connectivity index is 1.79. The maximum absolute atomic E-state index is 6.10. The number of hydrogen-bond acceptors (Lipinski definition) is 2. The zero-order valence-corrected chi connectivity index (χ0v) is 12.6. The average Bonchev–Trinajstić information content (AvgIpc) is 3.22. The van der Waals surface area contributed by atoms with Gasteiger partial charge in [-0.3, -0.25) is 0 Å². The third-order valence-corrected chi connectivity index (χ3v) is 4.42. The van der Waals surface area contributed by atoms with Crippen molar-refractivity contribution in [2.24, 2.45) is 0 Å². The molecule has 2 heterocycles. The van der Waals surface area contributed by atoms with E-state index in [2.05, 4.69) is 44.9 Å². The van der Waals surface area contributed by atoms with Crippen molar-refractivity contribution in [2.75, 3.05) is 0 Å². The summed E-state index contributed by atoms with van der Waals surface area (Å²) in [6.45, 7) is 2.01. The highest BCUT2D eigenvalue weighted by atomic mass is 35.5. The molecule has 2 aromatic heterocycles. The standard InChI is InChI=1S/C17H16ClN3/c1-11-7-8-14-17(19-11)21(16(10-18)20-14)15-9-13(15)12-5-3-2-4-6-12/h2-8,13,15H,9-10H2,1H3. The topological polar surface area (TPSA) is 30.7 Å². The minimum Gasteiger partial charge on any atom is -0.308 e. The lowest BCUT2D eigenvalue weighted by Gasteiger charge is -2.07. The highest BCUT2D eigenvalue weighted by molar-refractivity contribution is 6.16. The van der Waals surface area contributed by atoms with E-state index < -0.39 is 0 Å². The van der Waals surface area contributed by atoms with Crippen LogP contribution in [0.2, 0.25) is 0 Å². The monoisotopic (exact) mass is 297 g/mol. The Bertz CT molecular complexity index is 794. The summed E-state index contributed by atoms with van der Waals surface area (Å²) in [4.78, 5) is 9.31. The lowest BCUT2D eigenvalue weighted by atomic mass is 10.1. The summed E-state index contributed by atoms with van der Waals surface area (Å²) >= 11 is 6.10. The van der Waals surface area contributed by atoms with Crippen LogP contribution in [-0.4, -0.2) is 14.5 Å². The molecule has 106 valence electrons. The molecule has 2 atom stereocenters. The molecule has 4 heteroatoms. The molecule has 0 N–H and O–H groups in total. The number of rotatable bonds is 3. The van der Waals surface area contributed by atoms with E-state index >= 15 is 0 Å². The van der Waals surface area contributed by atoms with Crippen molar-refractivity contribution in [1.29, 1.82) is 0 Å². The molecule has 4 rings (SSSR count). The molecular weight excluding hydrogens is 282 g/mol. The van der Waals surface area contributed by atoms with Crippen LogP contribution in [0.1, 0.15) is 35.5 Å². The van der Waals surface area contributed by atoms with Crippen LogP contribution in [0.15, 0.2) is 42.5 Å². The second kappa shape index (κ2) is 4.85. The molecule has 0 aliphatic heterocycles. The van der Waals surface area contributed by atoms with E-state index in [1.165, 1.54) is 5.56 Å². The van der Waals surface area contributed by atoms with Gasteiger partial charge in [-0.05, 0) is 31.0 Å². The number of imidazole rings is 1. The van der Waals surface area contributed by atoms with Gasteiger partial charge in [0.2, 0.25) is 0 Å². The molecule has 21 heavy (non-hydrogen) atoms. The largest absolute Gasteiger partial charge is 0.308 e. The average molecular weight is 298 g/mol. The van der Waals surface area contributed by atoms with Crippen molar-refractivity contribution in [1.82, 2.24) is 14.5 Å². The molecule has 0 amide bonds. The fourth-order valence-corrected chi connectivity index (χ4v) is 3.27. The Morgan fingerprint density at radius 2 is 1.95 bits per heavy atom. The van der Waals surface area contributed by atoms with Crippen LogP contribution in [-0.2, 0) is 5.88 Å². The smallest absolute Gasteiger partial charge is 0.160 e. The van der Waals surface area contributed by atoms with E-state index in [9.17, 15) is 0 Å². The quantitative estimate of drug-likeness (QED) is 0.678. The maximum Gasteiger partial charge on any atom is 0.160 e.